The van der Waals surface area contributed by atoms with Crippen LogP contribution in [0.3, 0.4) is 0 Å². The second kappa shape index (κ2) is 19.2. The van der Waals surface area contributed by atoms with Crippen LogP contribution < -0.4 is 4.90 Å². The third-order valence-electron chi connectivity index (χ3n) is 17.7. The lowest BCUT2D eigenvalue weighted by atomic mass is 9.78. The van der Waals surface area contributed by atoms with Crippen LogP contribution in [-0.4, -0.2) is 4.57 Å². The standard InChI is InChI=1S/C80H90N2/c1-74(2,3)55-29-35-70-66(47-55)67-48-56(75(4,5)6)30-36-71(67)82(70)69-34-28-50-25-31-64-68(33-27-49-26-32-65(69)73(50)72(49)64)81(63-45-60(79(16,17)18)43-61(46-63)80(19,20)21)62-41-54(40-59(44-62)78(13,14)15)52-24-22-23-51(37-52)53-38-57(76(7,8)9)42-58(39-53)77(10,11)12/h22-48H,1-21H3. The molecule has 2 heteroatoms. The van der Waals surface area contributed by atoms with Crippen molar-refractivity contribution in [3.63, 3.8) is 0 Å². The van der Waals surface area contributed by atoms with Crippen molar-refractivity contribution in [3.05, 3.63) is 203 Å². The van der Waals surface area contributed by atoms with Crippen molar-refractivity contribution in [1.82, 2.24) is 4.57 Å². The normalized spacial score (nSPS) is 13.4. The zero-order chi connectivity index (χ0) is 59.2. The van der Waals surface area contributed by atoms with Gasteiger partial charge in [0.1, 0.15) is 0 Å². The highest BCUT2D eigenvalue weighted by molar-refractivity contribution is 6.27. The van der Waals surface area contributed by atoms with Gasteiger partial charge >= 0.3 is 0 Å². The molecule has 0 aliphatic heterocycles. The lowest BCUT2D eigenvalue weighted by Crippen LogP contribution is -2.20. The Morgan fingerprint density at radius 3 is 1.09 bits per heavy atom. The molecule has 0 radical (unpaired) electrons. The molecule has 0 saturated carbocycles. The van der Waals surface area contributed by atoms with Gasteiger partial charge in [-0.15, -0.1) is 0 Å². The van der Waals surface area contributed by atoms with E-state index in [0.29, 0.717) is 0 Å². The van der Waals surface area contributed by atoms with E-state index in [0.717, 1.165) is 5.69 Å². The minimum Gasteiger partial charge on any atom is -0.310 e. The van der Waals surface area contributed by atoms with Crippen LogP contribution in [0.4, 0.5) is 17.1 Å². The van der Waals surface area contributed by atoms with Crippen molar-refractivity contribution in [1.29, 1.82) is 0 Å². The van der Waals surface area contributed by atoms with Crippen molar-refractivity contribution in [3.8, 4) is 27.9 Å². The maximum absolute atomic E-state index is 2.61. The zero-order valence-electron chi connectivity index (χ0n) is 53.5. The second-order valence-corrected chi connectivity index (χ2v) is 31.4. The first-order chi connectivity index (χ1) is 38.0. The van der Waals surface area contributed by atoms with E-state index in [1.165, 1.54) is 132 Å². The summed E-state index contributed by atoms with van der Waals surface area (Å²) in [6, 6.07) is 64.8. The van der Waals surface area contributed by atoms with Crippen LogP contribution in [0.2, 0.25) is 0 Å². The van der Waals surface area contributed by atoms with E-state index in [1.54, 1.807) is 0 Å². The summed E-state index contributed by atoms with van der Waals surface area (Å²) >= 11 is 0. The molecule has 1 heterocycles. The van der Waals surface area contributed by atoms with E-state index in [9.17, 15) is 0 Å². The van der Waals surface area contributed by atoms with Gasteiger partial charge in [-0.2, -0.15) is 0 Å². The highest BCUT2D eigenvalue weighted by Gasteiger charge is 2.29. The maximum Gasteiger partial charge on any atom is 0.0541 e. The van der Waals surface area contributed by atoms with E-state index in [4.69, 9.17) is 0 Å². The van der Waals surface area contributed by atoms with E-state index >= 15 is 0 Å². The van der Waals surface area contributed by atoms with E-state index < -0.39 is 0 Å². The molecule has 420 valence electrons. The van der Waals surface area contributed by atoms with Gasteiger partial charge in [0.05, 0.1) is 22.4 Å². The van der Waals surface area contributed by atoms with Gasteiger partial charge in [-0.05, 0) is 187 Å². The molecule has 0 spiro atoms. The summed E-state index contributed by atoms with van der Waals surface area (Å²) < 4.78 is 2.55. The summed E-state index contributed by atoms with van der Waals surface area (Å²) in [5, 5.41) is 10.2. The van der Waals surface area contributed by atoms with Crippen molar-refractivity contribution in [2.75, 3.05) is 4.90 Å². The van der Waals surface area contributed by atoms with Crippen LogP contribution in [0.15, 0.2) is 164 Å². The van der Waals surface area contributed by atoms with Gasteiger partial charge in [0.2, 0.25) is 0 Å². The van der Waals surface area contributed by atoms with Crippen LogP contribution in [-0.2, 0) is 37.9 Å². The Kier molecular flexibility index (Phi) is 13.3. The van der Waals surface area contributed by atoms with Gasteiger partial charge < -0.3 is 9.47 Å². The molecule has 10 aromatic carbocycles. The summed E-state index contributed by atoms with van der Waals surface area (Å²) in [6.45, 7) is 49.1. The fourth-order valence-electron chi connectivity index (χ4n) is 12.3. The summed E-state index contributed by atoms with van der Waals surface area (Å²) in [7, 11) is 0. The Hall–Kier alpha value is -7.16. The summed E-state index contributed by atoms with van der Waals surface area (Å²) in [5.74, 6) is 0. The number of anilines is 3. The molecule has 2 nitrogen and oxygen atoms in total. The molecular formula is C80H90N2. The summed E-state index contributed by atoms with van der Waals surface area (Å²) in [5.41, 5.74) is 21.2. The lowest BCUT2D eigenvalue weighted by Gasteiger charge is -2.33. The topological polar surface area (TPSA) is 8.17 Å². The van der Waals surface area contributed by atoms with Crippen molar-refractivity contribution in [2.45, 2.75) is 183 Å². The van der Waals surface area contributed by atoms with Crippen LogP contribution in [0.5, 0.6) is 0 Å². The molecule has 0 N–H and O–H groups in total. The van der Waals surface area contributed by atoms with E-state index in [2.05, 4.69) is 319 Å². The molecule has 0 aliphatic carbocycles. The molecule has 1 aromatic heterocycles. The first kappa shape index (κ1) is 56.7. The highest BCUT2D eigenvalue weighted by atomic mass is 15.1. The predicted octanol–water partition coefficient (Wildman–Crippen LogP) is 23.6. The minimum absolute atomic E-state index is 0.0114. The largest absolute Gasteiger partial charge is 0.310 e. The Morgan fingerprint density at radius 1 is 0.268 bits per heavy atom. The van der Waals surface area contributed by atoms with Crippen LogP contribution >= 0.6 is 0 Å². The molecule has 0 amide bonds. The quantitative estimate of drug-likeness (QED) is 0.151. The average molecular weight is 1080 g/mol. The van der Waals surface area contributed by atoms with Crippen LogP contribution in [0.1, 0.15) is 184 Å². The van der Waals surface area contributed by atoms with Gasteiger partial charge in [-0.1, -0.05) is 242 Å². The van der Waals surface area contributed by atoms with Crippen LogP contribution in [0.25, 0.3) is 82.1 Å². The number of hydrogen-bond acceptors (Lipinski definition) is 1. The van der Waals surface area contributed by atoms with Crippen molar-refractivity contribution in [2.24, 2.45) is 0 Å². The molecule has 0 unspecified atom stereocenters. The number of aromatic nitrogens is 1. The van der Waals surface area contributed by atoms with E-state index in [1.807, 2.05) is 0 Å². The van der Waals surface area contributed by atoms with Gasteiger partial charge in [0, 0.05) is 32.9 Å². The molecular weight excluding hydrogens is 989 g/mol. The average Bonchev–Trinajstić information content (AvgIpc) is 2.00. The fourth-order valence-corrected chi connectivity index (χ4v) is 12.3. The first-order valence-corrected chi connectivity index (χ1v) is 30.2. The number of hydrogen-bond donors (Lipinski definition) is 0. The molecule has 0 aliphatic rings. The second-order valence-electron chi connectivity index (χ2n) is 31.4. The number of fused-ring (bicyclic) bond motifs is 3. The summed E-state index contributed by atoms with van der Waals surface area (Å²) in [4.78, 5) is 2.61. The Labute approximate surface area is 492 Å². The SMILES string of the molecule is CC(C)(C)c1cc(-c2cccc(-c3cc(C(C)(C)C)cc(C(C)(C)C)c3)c2)cc(N(c2cc(C(C)(C)C)cc(C(C)(C)C)c2)c2ccc3ccc4c(-n5c6ccc(C(C)(C)C)cc6c6cc(C(C)(C)C)ccc65)ccc5ccc2c3c54)c1. The van der Waals surface area contributed by atoms with Gasteiger partial charge in [0.25, 0.3) is 0 Å². The fraction of sp³-hybridized carbons (Fsp3) is 0.350. The highest BCUT2D eigenvalue weighted by Crippen LogP contribution is 2.49. The van der Waals surface area contributed by atoms with Gasteiger partial charge in [-0.25, -0.2) is 0 Å². The third-order valence-corrected chi connectivity index (χ3v) is 17.7. The molecule has 0 fully saturated rings. The van der Waals surface area contributed by atoms with Crippen molar-refractivity contribution < 1.29 is 0 Å². The number of rotatable bonds is 6. The first-order valence-electron chi connectivity index (χ1n) is 30.2. The molecule has 11 rings (SSSR count). The molecule has 0 bridgehead atoms. The van der Waals surface area contributed by atoms with Crippen LogP contribution in [0, 0.1) is 0 Å². The smallest absolute Gasteiger partial charge is 0.0541 e. The monoisotopic (exact) mass is 1080 g/mol. The minimum atomic E-state index is -0.144. The number of benzene rings is 10. The molecule has 11 aromatic rings. The lowest BCUT2D eigenvalue weighted by molar-refractivity contribution is 0.568. The number of nitrogens with zero attached hydrogens (tertiary/aromatic N) is 2. The summed E-state index contributed by atoms with van der Waals surface area (Å²) in [6.07, 6.45) is 0. The molecule has 0 atom stereocenters. The predicted molar refractivity (Wildman–Crippen MR) is 361 cm³/mol. The zero-order valence-corrected chi connectivity index (χ0v) is 53.5. The van der Waals surface area contributed by atoms with E-state index in [-0.39, 0.29) is 37.9 Å². The van der Waals surface area contributed by atoms with Gasteiger partial charge in [-0.3, -0.25) is 0 Å². The maximum atomic E-state index is 2.61. The Morgan fingerprint density at radius 2 is 0.634 bits per heavy atom. The Balaban J connectivity index is 1.19. The third kappa shape index (κ3) is 10.3. The molecule has 0 saturated heterocycles. The Bertz CT molecular complexity index is 4160. The van der Waals surface area contributed by atoms with Gasteiger partial charge in [0.15, 0.2) is 0 Å². The molecule has 82 heavy (non-hydrogen) atoms. The van der Waals surface area contributed by atoms with Crippen molar-refractivity contribution >= 4 is 71.2 Å².